The first kappa shape index (κ1) is 20.7. The van der Waals surface area contributed by atoms with Gasteiger partial charge in [0.2, 0.25) is 0 Å². The lowest BCUT2D eigenvalue weighted by atomic mass is 9.83. The first-order valence-electron chi connectivity index (χ1n) is 11.6. The summed E-state index contributed by atoms with van der Waals surface area (Å²) in [7, 11) is 1.68. The zero-order chi connectivity index (χ0) is 22.4. The van der Waals surface area contributed by atoms with E-state index < -0.39 is 5.60 Å². The van der Waals surface area contributed by atoms with E-state index in [4.69, 9.17) is 9.47 Å². The largest absolute Gasteiger partial charge is 0.497 e. The summed E-state index contributed by atoms with van der Waals surface area (Å²) < 4.78 is 12.6. The van der Waals surface area contributed by atoms with Gasteiger partial charge in [0, 0.05) is 32.6 Å². The number of hydrogen-bond acceptors (Lipinski definition) is 5. The lowest BCUT2D eigenvalue weighted by molar-refractivity contribution is 0.132. The van der Waals surface area contributed by atoms with Crippen LogP contribution in [0.25, 0.3) is 20.5 Å². The molecule has 0 radical (unpaired) electrons. The summed E-state index contributed by atoms with van der Waals surface area (Å²) >= 11 is 1.71. The summed E-state index contributed by atoms with van der Waals surface area (Å²) in [6.45, 7) is 4.01. The maximum atomic E-state index is 12.3. The van der Waals surface area contributed by atoms with Crippen LogP contribution in [0.3, 0.4) is 0 Å². The summed E-state index contributed by atoms with van der Waals surface area (Å²) in [5, 5.41) is 13.4. The van der Waals surface area contributed by atoms with Crippen molar-refractivity contribution >= 4 is 21.4 Å². The Bertz CT molecular complexity index is 1310. The third-order valence-electron chi connectivity index (χ3n) is 6.97. The van der Waals surface area contributed by atoms with Crippen LogP contribution in [0.2, 0.25) is 0 Å². The van der Waals surface area contributed by atoms with Crippen molar-refractivity contribution in [1.29, 1.82) is 0 Å². The fourth-order valence-corrected chi connectivity index (χ4v) is 6.60. The number of methoxy groups -OCH3 is 1. The minimum atomic E-state index is -1.20. The van der Waals surface area contributed by atoms with Crippen molar-refractivity contribution in [2.24, 2.45) is 0 Å². The monoisotopic (exact) mass is 457 g/mol. The van der Waals surface area contributed by atoms with Gasteiger partial charge in [-0.3, -0.25) is 4.90 Å². The maximum absolute atomic E-state index is 12.3. The molecule has 4 aromatic rings. The van der Waals surface area contributed by atoms with E-state index in [1.807, 2.05) is 48.5 Å². The van der Waals surface area contributed by atoms with E-state index in [9.17, 15) is 5.11 Å². The highest BCUT2D eigenvalue weighted by Crippen LogP contribution is 2.57. The van der Waals surface area contributed by atoms with Crippen molar-refractivity contribution in [2.45, 2.75) is 18.4 Å². The predicted octanol–water partition coefficient (Wildman–Crippen LogP) is 5.65. The second-order valence-corrected chi connectivity index (χ2v) is 9.90. The molecule has 0 amide bonds. The van der Waals surface area contributed by atoms with Crippen molar-refractivity contribution < 1.29 is 14.6 Å². The van der Waals surface area contributed by atoms with Gasteiger partial charge in [-0.2, -0.15) is 0 Å². The highest BCUT2D eigenvalue weighted by Gasteiger charge is 2.45. The Labute approximate surface area is 198 Å². The molecule has 33 heavy (non-hydrogen) atoms. The average molecular weight is 458 g/mol. The van der Waals surface area contributed by atoms with Crippen LogP contribution in [-0.2, 0) is 5.60 Å². The molecule has 1 fully saturated rings. The van der Waals surface area contributed by atoms with Crippen LogP contribution < -0.4 is 9.47 Å². The highest BCUT2D eigenvalue weighted by atomic mass is 32.1. The van der Waals surface area contributed by atoms with Crippen molar-refractivity contribution in [3.8, 4) is 21.9 Å². The zero-order valence-corrected chi connectivity index (χ0v) is 19.5. The van der Waals surface area contributed by atoms with E-state index in [0.717, 1.165) is 55.3 Å². The summed E-state index contributed by atoms with van der Waals surface area (Å²) in [5.74, 6) is 1.67. The molecular formula is C28H27NO3S. The van der Waals surface area contributed by atoms with Crippen LogP contribution in [0.1, 0.15) is 29.5 Å². The maximum Gasteiger partial charge on any atom is 0.143 e. The molecule has 6 rings (SSSR count). The minimum absolute atomic E-state index is 0.688. The normalized spacial score (nSPS) is 19.6. The minimum Gasteiger partial charge on any atom is -0.497 e. The SMILES string of the molecule is COc1ccc2c3c(sc2c1)-c1ccccc1C3(O)c1ccc(OCCN2CCCC2)cc1. The molecule has 0 saturated carbocycles. The van der Waals surface area contributed by atoms with Gasteiger partial charge in [-0.25, -0.2) is 0 Å². The third-order valence-corrected chi connectivity index (χ3v) is 8.15. The smallest absolute Gasteiger partial charge is 0.143 e. The van der Waals surface area contributed by atoms with Crippen LogP contribution in [-0.4, -0.2) is 43.4 Å². The van der Waals surface area contributed by atoms with Gasteiger partial charge in [0.05, 0.1) is 7.11 Å². The van der Waals surface area contributed by atoms with Gasteiger partial charge < -0.3 is 14.6 Å². The van der Waals surface area contributed by atoms with Gasteiger partial charge in [-0.05, 0) is 67.4 Å². The van der Waals surface area contributed by atoms with Gasteiger partial charge >= 0.3 is 0 Å². The molecule has 1 atom stereocenters. The molecule has 1 aliphatic heterocycles. The molecule has 3 aromatic carbocycles. The Morgan fingerprint density at radius 2 is 1.73 bits per heavy atom. The van der Waals surface area contributed by atoms with Crippen LogP contribution in [0.15, 0.2) is 66.7 Å². The molecule has 5 heteroatoms. The summed E-state index contributed by atoms with van der Waals surface area (Å²) in [6, 6.07) is 22.2. The van der Waals surface area contributed by atoms with E-state index >= 15 is 0 Å². The second kappa shape index (κ2) is 8.17. The Morgan fingerprint density at radius 1 is 0.970 bits per heavy atom. The van der Waals surface area contributed by atoms with Gasteiger partial charge in [0.15, 0.2) is 0 Å². The molecule has 2 heterocycles. The molecule has 1 aromatic heterocycles. The molecule has 0 spiro atoms. The van der Waals surface area contributed by atoms with Gasteiger partial charge in [-0.15, -0.1) is 11.3 Å². The van der Waals surface area contributed by atoms with E-state index in [-0.39, 0.29) is 0 Å². The van der Waals surface area contributed by atoms with E-state index in [0.29, 0.717) is 6.61 Å². The van der Waals surface area contributed by atoms with Crippen molar-refractivity contribution in [3.05, 3.63) is 83.4 Å². The number of thiophene rings is 1. The molecule has 168 valence electrons. The average Bonchev–Trinajstić information content (AvgIpc) is 3.56. The molecule has 1 aliphatic carbocycles. The molecule has 1 saturated heterocycles. The second-order valence-electron chi connectivity index (χ2n) is 8.85. The Morgan fingerprint density at radius 3 is 2.52 bits per heavy atom. The lowest BCUT2D eigenvalue weighted by Crippen LogP contribution is -2.26. The van der Waals surface area contributed by atoms with E-state index in [2.05, 4.69) is 23.1 Å². The number of fused-ring (bicyclic) bond motifs is 5. The number of aliphatic hydroxyl groups is 1. The number of nitrogens with zero attached hydrogens (tertiary/aromatic N) is 1. The topological polar surface area (TPSA) is 41.9 Å². The summed E-state index contributed by atoms with van der Waals surface area (Å²) in [4.78, 5) is 3.58. The van der Waals surface area contributed by atoms with Crippen LogP contribution in [0.4, 0.5) is 0 Å². The molecule has 4 nitrogen and oxygen atoms in total. The first-order valence-corrected chi connectivity index (χ1v) is 12.4. The highest BCUT2D eigenvalue weighted by molar-refractivity contribution is 7.22. The molecular weight excluding hydrogens is 430 g/mol. The first-order chi connectivity index (χ1) is 16.2. The lowest BCUT2D eigenvalue weighted by Gasteiger charge is -2.27. The fraction of sp³-hybridized carbons (Fsp3) is 0.286. The standard InChI is InChI=1S/C28H27NO3S/c1-31-21-12-13-23-25(18-21)33-27-22-6-2-3-7-24(22)28(30,26(23)27)19-8-10-20(11-9-19)32-17-16-29-14-4-5-15-29/h2-3,6-13,18,30H,4-5,14-17H2,1H3. The number of benzene rings is 3. The number of likely N-dealkylation sites (tertiary alicyclic amines) is 1. The Hall–Kier alpha value is -2.86. The Kier molecular flexibility index (Phi) is 5.13. The zero-order valence-electron chi connectivity index (χ0n) is 18.7. The van der Waals surface area contributed by atoms with Crippen LogP contribution >= 0.6 is 11.3 Å². The van der Waals surface area contributed by atoms with E-state index in [1.165, 1.54) is 25.9 Å². The molecule has 1 unspecified atom stereocenters. The molecule has 1 N–H and O–H groups in total. The molecule has 0 bridgehead atoms. The third kappa shape index (κ3) is 3.34. The summed E-state index contributed by atoms with van der Waals surface area (Å²) in [6.07, 6.45) is 2.58. The van der Waals surface area contributed by atoms with Gasteiger partial charge in [0.25, 0.3) is 0 Å². The Balaban J connectivity index is 1.37. The predicted molar refractivity (Wildman–Crippen MR) is 134 cm³/mol. The number of rotatable bonds is 6. The van der Waals surface area contributed by atoms with Crippen molar-refractivity contribution in [1.82, 2.24) is 4.90 Å². The van der Waals surface area contributed by atoms with Crippen molar-refractivity contribution in [3.63, 3.8) is 0 Å². The quantitative estimate of drug-likeness (QED) is 0.406. The van der Waals surface area contributed by atoms with Crippen LogP contribution in [0.5, 0.6) is 11.5 Å². The van der Waals surface area contributed by atoms with Crippen LogP contribution in [0, 0.1) is 0 Å². The summed E-state index contributed by atoms with van der Waals surface area (Å²) in [5.41, 5.74) is 2.66. The molecule has 2 aliphatic rings. The van der Waals surface area contributed by atoms with Gasteiger partial charge in [-0.1, -0.05) is 36.4 Å². The van der Waals surface area contributed by atoms with Crippen molar-refractivity contribution in [2.75, 3.05) is 33.4 Å². The number of hydrogen-bond donors (Lipinski definition) is 1. The fourth-order valence-electron chi connectivity index (χ4n) is 5.28. The van der Waals surface area contributed by atoms with E-state index in [1.54, 1.807) is 18.4 Å². The number of ether oxygens (including phenoxy) is 2. The van der Waals surface area contributed by atoms with Gasteiger partial charge in [0.1, 0.15) is 23.7 Å².